The van der Waals surface area contributed by atoms with E-state index in [0.717, 1.165) is 48.3 Å². The van der Waals surface area contributed by atoms with Crippen molar-refractivity contribution < 1.29 is 19.5 Å². The van der Waals surface area contributed by atoms with Gasteiger partial charge in [-0.25, -0.2) is 0 Å². The second kappa shape index (κ2) is 10.8. The van der Waals surface area contributed by atoms with E-state index in [0.29, 0.717) is 37.9 Å². The smallest absolute Gasteiger partial charge is 0.318 e. The molecule has 38 heavy (non-hydrogen) atoms. The van der Waals surface area contributed by atoms with Gasteiger partial charge in [-0.3, -0.25) is 19.3 Å². The van der Waals surface area contributed by atoms with Crippen molar-refractivity contribution >= 4 is 17.8 Å². The number of hydrogen-bond donors (Lipinski definition) is 2. The molecular weight excluding hydrogens is 478 g/mol. The fourth-order valence-electron chi connectivity index (χ4n) is 6.08. The van der Waals surface area contributed by atoms with Crippen molar-refractivity contribution in [3.63, 3.8) is 0 Å². The number of amides is 2. The molecule has 0 saturated carbocycles. The number of piperazine rings is 1. The molecule has 196 valence electrons. The number of hydrogen-bond acceptors (Lipinski definition) is 4. The Balaban J connectivity index is 1.23. The van der Waals surface area contributed by atoms with Crippen molar-refractivity contribution in [1.29, 1.82) is 0 Å². The highest BCUT2D eigenvalue weighted by molar-refractivity contribution is 6.05. The van der Waals surface area contributed by atoms with Gasteiger partial charge in [-0.15, -0.1) is 0 Å². The second-order valence-corrected chi connectivity index (χ2v) is 10.2. The van der Waals surface area contributed by atoms with Crippen LogP contribution in [0, 0.1) is 0 Å². The Morgan fingerprint density at radius 3 is 2.21 bits per heavy atom. The van der Waals surface area contributed by atoms with Crippen molar-refractivity contribution in [2.45, 2.75) is 31.1 Å². The van der Waals surface area contributed by atoms with Crippen LogP contribution in [0.3, 0.4) is 0 Å². The minimum atomic E-state index is -1.31. The van der Waals surface area contributed by atoms with Crippen molar-refractivity contribution in [1.82, 2.24) is 9.80 Å². The van der Waals surface area contributed by atoms with Gasteiger partial charge in [0.15, 0.2) is 0 Å². The first-order valence-corrected chi connectivity index (χ1v) is 13.2. The molecule has 7 heteroatoms. The molecule has 1 unspecified atom stereocenters. The lowest BCUT2D eigenvalue weighted by Crippen LogP contribution is -2.49. The third-order valence-corrected chi connectivity index (χ3v) is 8.00. The van der Waals surface area contributed by atoms with Crippen LogP contribution in [0.1, 0.15) is 46.3 Å². The van der Waals surface area contributed by atoms with Crippen LogP contribution in [0.4, 0.5) is 0 Å². The normalized spacial score (nSPS) is 18.6. The SMILES string of the molecule is NC(=O)c1cccc2c1C(CCCCN1CCN(C(=O)Cc3ccccc3)CC1)(C(=O)O)c1ccccc1-2. The van der Waals surface area contributed by atoms with E-state index in [1.54, 1.807) is 12.1 Å². The van der Waals surface area contributed by atoms with Crippen molar-refractivity contribution in [2.24, 2.45) is 5.73 Å². The third-order valence-electron chi connectivity index (χ3n) is 8.00. The Kier molecular flexibility index (Phi) is 7.29. The number of benzene rings is 3. The van der Waals surface area contributed by atoms with Crippen LogP contribution < -0.4 is 5.73 Å². The van der Waals surface area contributed by atoms with E-state index < -0.39 is 17.3 Å². The maximum atomic E-state index is 13.0. The summed E-state index contributed by atoms with van der Waals surface area (Å²) in [7, 11) is 0. The quantitative estimate of drug-likeness (QED) is 0.427. The van der Waals surface area contributed by atoms with E-state index in [4.69, 9.17) is 5.73 Å². The van der Waals surface area contributed by atoms with Crippen LogP contribution in [-0.4, -0.2) is 65.4 Å². The highest BCUT2D eigenvalue weighted by Gasteiger charge is 2.50. The summed E-state index contributed by atoms with van der Waals surface area (Å²) in [6, 6.07) is 22.6. The van der Waals surface area contributed by atoms with E-state index in [9.17, 15) is 19.5 Å². The Labute approximate surface area is 222 Å². The Bertz CT molecular complexity index is 1350. The summed E-state index contributed by atoms with van der Waals surface area (Å²) in [6.07, 6.45) is 2.31. The third kappa shape index (κ3) is 4.70. The molecule has 2 aliphatic rings. The molecule has 3 aromatic carbocycles. The van der Waals surface area contributed by atoms with Gasteiger partial charge in [-0.05, 0) is 53.3 Å². The van der Waals surface area contributed by atoms with Crippen LogP contribution in [0.15, 0.2) is 72.8 Å². The largest absolute Gasteiger partial charge is 0.480 e. The Hall–Kier alpha value is -3.97. The first-order valence-electron chi connectivity index (χ1n) is 13.2. The van der Waals surface area contributed by atoms with Crippen LogP contribution in [0.25, 0.3) is 11.1 Å². The number of fused-ring (bicyclic) bond motifs is 3. The molecule has 0 radical (unpaired) electrons. The minimum absolute atomic E-state index is 0.156. The Morgan fingerprint density at radius 2 is 1.50 bits per heavy atom. The number of carbonyl (C=O) groups is 3. The average Bonchev–Trinajstić information content (AvgIpc) is 3.23. The standard InChI is InChI=1S/C31H33N3O4/c32-29(36)25-13-8-12-24-23-11-4-5-14-26(23)31(28(24)25,30(37)38)15-6-7-16-33-17-19-34(20-18-33)27(35)21-22-9-2-1-3-10-22/h1-5,8-14H,6-7,15-21H2,(H2,32,36)(H,37,38). The van der Waals surface area contributed by atoms with Gasteiger partial charge in [0, 0.05) is 31.7 Å². The number of nitrogens with zero attached hydrogens (tertiary/aromatic N) is 2. The molecule has 5 rings (SSSR count). The van der Waals surface area contributed by atoms with Gasteiger partial charge in [0.1, 0.15) is 5.41 Å². The number of aliphatic carboxylic acids is 1. The van der Waals surface area contributed by atoms with Crippen LogP contribution in [-0.2, 0) is 21.4 Å². The Morgan fingerprint density at radius 1 is 0.816 bits per heavy atom. The van der Waals surface area contributed by atoms with Gasteiger partial charge in [0.25, 0.3) is 0 Å². The molecule has 1 aliphatic carbocycles. The summed E-state index contributed by atoms with van der Waals surface area (Å²) in [4.78, 5) is 42.2. The molecule has 1 heterocycles. The van der Waals surface area contributed by atoms with Crippen molar-refractivity contribution in [3.8, 4) is 11.1 Å². The molecule has 3 aromatic rings. The number of carboxylic acids is 1. The molecule has 1 aliphatic heterocycles. The lowest BCUT2D eigenvalue weighted by atomic mass is 9.72. The fourth-order valence-corrected chi connectivity index (χ4v) is 6.08. The average molecular weight is 512 g/mol. The zero-order valence-electron chi connectivity index (χ0n) is 21.4. The van der Waals surface area contributed by atoms with Gasteiger partial charge >= 0.3 is 5.97 Å². The zero-order chi connectivity index (χ0) is 26.7. The monoisotopic (exact) mass is 511 g/mol. The molecule has 1 fully saturated rings. The van der Waals surface area contributed by atoms with Gasteiger partial charge in [0.05, 0.1) is 6.42 Å². The topological polar surface area (TPSA) is 104 Å². The number of unbranched alkanes of at least 4 members (excludes halogenated alkanes) is 1. The van der Waals surface area contributed by atoms with Crippen LogP contribution >= 0.6 is 0 Å². The molecule has 0 bridgehead atoms. The van der Waals surface area contributed by atoms with E-state index in [-0.39, 0.29) is 11.5 Å². The minimum Gasteiger partial charge on any atom is -0.480 e. The number of carboxylic acid groups (broad SMARTS) is 1. The fraction of sp³-hybridized carbons (Fsp3) is 0.323. The summed E-state index contributed by atoms with van der Waals surface area (Å²) in [5, 5.41) is 10.6. The summed E-state index contributed by atoms with van der Waals surface area (Å²) < 4.78 is 0. The van der Waals surface area contributed by atoms with Gasteiger partial charge in [-0.1, -0.05) is 73.2 Å². The number of rotatable bonds is 9. The summed E-state index contributed by atoms with van der Waals surface area (Å²) in [5.74, 6) is -1.41. The predicted octanol–water partition coefficient (Wildman–Crippen LogP) is 3.69. The van der Waals surface area contributed by atoms with Gasteiger partial charge in [-0.2, -0.15) is 0 Å². The first-order chi connectivity index (χ1) is 18.4. The molecule has 2 amide bonds. The summed E-state index contributed by atoms with van der Waals surface area (Å²) >= 11 is 0. The van der Waals surface area contributed by atoms with E-state index >= 15 is 0 Å². The number of carbonyl (C=O) groups excluding carboxylic acids is 2. The highest BCUT2D eigenvalue weighted by atomic mass is 16.4. The predicted molar refractivity (Wildman–Crippen MR) is 146 cm³/mol. The first kappa shape index (κ1) is 25.7. The molecule has 0 spiro atoms. The summed E-state index contributed by atoms with van der Waals surface area (Å²) in [5.41, 5.74) is 8.57. The number of nitrogens with two attached hydrogens (primary N) is 1. The lowest BCUT2D eigenvalue weighted by Gasteiger charge is -2.35. The van der Waals surface area contributed by atoms with Crippen LogP contribution in [0.2, 0.25) is 0 Å². The van der Waals surface area contributed by atoms with E-state index in [2.05, 4.69) is 4.90 Å². The highest BCUT2D eigenvalue weighted by Crippen LogP contribution is 2.52. The molecule has 0 aromatic heterocycles. The number of primary amides is 1. The van der Waals surface area contributed by atoms with Gasteiger partial charge in [0.2, 0.25) is 11.8 Å². The zero-order valence-corrected chi connectivity index (χ0v) is 21.4. The molecule has 7 nitrogen and oxygen atoms in total. The van der Waals surface area contributed by atoms with E-state index in [1.807, 2.05) is 65.6 Å². The molecule has 3 N–H and O–H groups in total. The van der Waals surface area contributed by atoms with Crippen molar-refractivity contribution in [3.05, 3.63) is 95.1 Å². The molecular formula is C31H33N3O4. The maximum Gasteiger partial charge on any atom is 0.318 e. The van der Waals surface area contributed by atoms with E-state index in [1.165, 1.54) is 0 Å². The van der Waals surface area contributed by atoms with Gasteiger partial charge < -0.3 is 15.7 Å². The molecule has 1 atom stereocenters. The van der Waals surface area contributed by atoms with Crippen molar-refractivity contribution in [2.75, 3.05) is 32.7 Å². The maximum absolute atomic E-state index is 13.0. The lowest BCUT2D eigenvalue weighted by molar-refractivity contribution is -0.142. The second-order valence-electron chi connectivity index (χ2n) is 10.2. The molecule has 1 saturated heterocycles. The van der Waals surface area contributed by atoms with Crippen LogP contribution in [0.5, 0.6) is 0 Å². The summed E-state index contributed by atoms with van der Waals surface area (Å²) in [6.45, 7) is 3.85.